The van der Waals surface area contributed by atoms with E-state index in [4.69, 9.17) is 0 Å². The molecule has 1 fully saturated rings. The number of aliphatic carboxylic acids is 1. The molecule has 0 aromatic heterocycles. The van der Waals surface area contributed by atoms with Crippen LogP contribution < -0.4 is 5.32 Å². The molecule has 0 radical (unpaired) electrons. The summed E-state index contributed by atoms with van der Waals surface area (Å²) in [6.07, 6.45) is 1.02. The molecule has 0 atom stereocenters. The second-order valence-corrected chi connectivity index (χ2v) is 5.96. The number of hydrogen-bond donors (Lipinski definition) is 2. The highest BCUT2D eigenvalue weighted by molar-refractivity contribution is 5.84. The summed E-state index contributed by atoms with van der Waals surface area (Å²) in [4.78, 5) is 28.0. The van der Waals surface area contributed by atoms with E-state index in [-0.39, 0.29) is 12.3 Å². The van der Waals surface area contributed by atoms with Gasteiger partial charge >= 0.3 is 5.97 Å². The van der Waals surface area contributed by atoms with Gasteiger partial charge in [-0.3, -0.25) is 14.5 Å². The minimum atomic E-state index is -0.919. The van der Waals surface area contributed by atoms with Crippen LogP contribution in [0.4, 0.5) is 0 Å². The zero-order valence-corrected chi connectivity index (χ0v) is 13.5. The van der Waals surface area contributed by atoms with Crippen LogP contribution in [-0.4, -0.2) is 73.1 Å². The number of hydrogen-bond acceptors (Lipinski definition) is 4. The van der Waals surface area contributed by atoms with E-state index in [2.05, 4.69) is 22.2 Å². The number of carboxylic acid groups (broad SMARTS) is 1. The molecule has 2 N–H and O–H groups in total. The third-order valence-corrected chi connectivity index (χ3v) is 4.65. The van der Waals surface area contributed by atoms with Crippen LogP contribution in [-0.2, 0) is 9.59 Å². The molecule has 0 bridgehead atoms. The van der Waals surface area contributed by atoms with Crippen molar-refractivity contribution in [3.8, 4) is 0 Å². The standard InChI is InChI=1S/C15H29N3O3/c1-4-15(5-2,14(20)21)12-13(19)16-6-7-18-10-8-17(3)9-11-18/h4-12H2,1-3H3,(H,16,19)(H,20,21). The Hall–Kier alpha value is -1.14. The Morgan fingerprint density at radius 1 is 1.14 bits per heavy atom. The van der Waals surface area contributed by atoms with Gasteiger partial charge in [-0.1, -0.05) is 13.8 Å². The molecule has 122 valence electrons. The molecule has 0 aromatic carbocycles. The third kappa shape index (κ3) is 5.28. The third-order valence-electron chi connectivity index (χ3n) is 4.65. The number of carboxylic acids is 1. The lowest BCUT2D eigenvalue weighted by atomic mass is 9.79. The first kappa shape index (κ1) is 17.9. The minimum Gasteiger partial charge on any atom is -0.481 e. The van der Waals surface area contributed by atoms with Crippen LogP contribution in [0.3, 0.4) is 0 Å². The van der Waals surface area contributed by atoms with Gasteiger partial charge in [0.25, 0.3) is 0 Å². The molecule has 0 saturated carbocycles. The molecular formula is C15H29N3O3. The number of amides is 1. The van der Waals surface area contributed by atoms with Crippen LogP contribution in [0.2, 0.25) is 0 Å². The largest absolute Gasteiger partial charge is 0.481 e. The number of rotatable bonds is 8. The quantitative estimate of drug-likeness (QED) is 0.688. The normalized spacial score (nSPS) is 17.7. The highest BCUT2D eigenvalue weighted by Crippen LogP contribution is 2.30. The topological polar surface area (TPSA) is 72.9 Å². The molecule has 1 amide bonds. The Bertz CT molecular complexity index is 348. The lowest BCUT2D eigenvalue weighted by Gasteiger charge is -2.32. The SMILES string of the molecule is CCC(CC)(CC(=O)NCCN1CCN(C)CC1)C(=O)O. The molecule has 6 heteroatoms. The highest BCUT2D eigenvalue weighted by Gasteiger charge is 2.37. The average molecular weight is 299 g/mol. The van der Waals surface area contributed by atoms with Crippen LogP contribution in [0.1, 0.15) is 33.1 Å². The Morgan fingerprint density at radius 2 is 1.71 bits per heavy atom. The van der Waals surface area contributed by atoms with Gasteiger partial charge in [0.05, 0.1) is 5.41 Å². The van der Waals surface area contributed by atoms with Crippen LogP contribution >= 0.6 is 0 Å². The van der Waals surface area contributed by atoms with Gasteiger partial charge in [0.15, 0.2) is 0 Å². The summed E-state index contributed by atoms with van der Waals surface area (Å²) in [6.45, 7) is 9.24. The number of carbonyl (C=O) groups is 2. The van der Waals surface area contributed by atoms with Crippen molar-refractivity contribution in [2.45, 2.75) is 33.1 Å². The summed E-state index contributed by atoms with van der Waals surface area (Å²) < 4.78 is 0. The van der Waals surface area contributed by atoms with Crippen molar-refractivity contribution in [3.05, 3.63) is 0 Å². The van der Waals surface area contributed by atoms with Gasteiger partial charge in [-0.05, 0) is 19.9 Å². The summed E-state index contributed by atoms with van der Waals surface area (Å²) in [5.74, 6) is -1.03. The van der Waals surface area contributed by atoms with Gasteiger partial charge in [0.2, 0.25) is 5.91 Å². The number of piperazine rings is 1. The van der Waals surface area contributed by atoms with Crippen molar-refractivity contribution in [2.75, 3.05) is 46.3 Å². The molecule has 1 aliphatic rings. The molecule has 0 aliphatic carbocycles. The van der Waals surface area contributed by atoms with Crippen molar-refractivity contribution < 1.29 is 14.7 Å². The molecule has 0 spiro atoms. The van der Waals surface area contributed by atoms with Crippen molar-refractivity contribution in [2.24, 2.45) is 5.41 Å². The van der Waals surface area contributed by atoms with Gasteiger partial charge in [-0.25, -0.2) is 0 Å². The molecular weight excluding hydrogens is 270 g/mol. The van der Waals surface area contributed by atoms with E-state index in [1.165, 1.54) is 0 Å². The predicted octanol–water partition coefficient (Wildman–Crippen LogP) is 0.631. The smallest absolute Gasteiger partial charge is 0.310 e. The summed E-state index contributed by atoms with van der Waals surface area (Å²) in [5, 5.41) is 12.2. The van der Waals surface area contributed by atoms with E-state index in [1.54, 1.807) is 0 Å². The molecule has 0 unspecified atom stereocenters. The maximum Gasteiger partial charge on any atom is 0.310 e. The molecule has 6 nitrogen and oxygen atoms in total. The number of nitrogens with zero attached hydrogens (tertiary/aromatic N) is 2. The highest BCUT2D eigenvalue weighted by atomic mass is 16.4. The fourth-order valence-electron chi connectivity index (χ4n) is 2.67. The van der Waals surface area contributed by atoms with Gasteiger partial charge in [0.1, 0.15) is 0 Å². The second kappa shape index (κ2) is 8.34. The summed E-state index contributed by atoms with van der Waals surface area (Å²) in [6, 6.07) is 0. The van der Waals surface area contributed by atoms with E-state index in [1.807, 2.05) is 13.8 Å². The number of likely N-dealkylation sites (N-methyl/N-ethyl adjacent to an activating group) is 1. The van der Waals surface area contributed by atoms with Gasteiger partial charge in [-0.15, -0.1) is 0 Å². The lowest BCUT2D eigenvalue weighted by Crippen LogP contribution is -2.47. The predicted molar refractivity (Wildman–Crippen MR) is 82.2 cm³/mol. The Labute approximate surface area is 127 Å². The van der Waals surface area contributed by atoms with Crippen LogP contribution in [0.5, 0.6) is 0 Å². The van der Waals surface area contributed by atoms with E-state index in [9.17, 15) is 14.7 Å². The van der Waals surface area contributed by atoms with Gasteiger partial charge < -0.3 is 15.3 Å². The van der Waals surface area contributed by atoms with E-state index in [0.29, 0.717) is 19.4 Å². The summed E-state index contributed by atoms with van der Waals surface area (Å²) >= 11 is 0. The first-order valence-electron chi connectivity index (χ1n) is 7.84. The maximum absolute atomic E-state index is 12.0. The van der Waals surface area contributed by atoms with Crippen LogP contribution in [0.15, 0.2) is 0 Å². The van der Waals surface area contributed by atoms with Crippen molar-refractivity contribution in [1.82, 2.24) is 15.1 Å². The average Bonchev–Trinajstić information content (AvgIpc) is 2.46. The monoisotopic (exact) mass is 299 g/mol. The lowest BCUT2D eigenvalue weighted by molar-refractivity contribution is -0.152. The van der Waals surface area contributed by atoms with Crippen molar-refractivity contribution in [1.29, 1.82) is 0 Å². The molecule has 21 heavy (non-hydrogen) atoms. The van der Waals surface area contributed by atoms with E-state index in [0.717, 1.165) is 32.7 Å². The van der Waals surface area contributed by atoms with E-state index >= 15 is 0 Å². The van der Waals surface area contributed by atoms with Crippen molar-refractivity contribution in [3.63, 3.8) is 0 Å². The molecule has 1 heterocycles. The Balaban J connectivity index is 2.32. The molecule has 1 saturated heterocycles. The molecule has 1 aliphatic heterocycles. The Kier molecular flexibility index (Phi) is 7.11. The first-order chi connectivity index (χ1) is 9.93. The zero-order chi connectivity index (χ0) is 15.9. The van der Waals surface area contributed by atoms with Gasteiger partial charge in [0, 0.05) is 45.7 Å². The van der Waals surface area contributed by atoms with Crippen LogP contribution in [0.25, 0.3) is 0 Å². The maximum atomic E-state index is 12.0. The number of carbonyl (C=O) groups excluding carboxylic acids is 1. The van der Waals surface area contributed by atoms with Crippen LogP contribution in [0, 0.1) is 5.41 Å². The zero-order valence-electron chi connectivity index (χ0n) is 13.5. The number of nitrogens with one attached hydrogen (secondary N) is 1. The summed E-state index contributed by atoms with van der Waals surface area (Å²) in [5.41, 5.74) is -0.919. The summed E-state index contributed by atoms with van der Waals surface area (Å²) in [7, 11) is 2.11. The fraction of sp³-hybridized carbons (Fsp3) is 0.867. The minimum absolute atomic E-state index is 0.0675. The second-order valence-electron chi connectivity index (χ2n) is 5.96. The van der Waals surface area contributed by atoms with Crippen molar-refractivity contribution >= 4 is 11.9 Å². The fourth-order valence-corrected chi connectivity index (χ4v) is 2.67. The molecule has 1 rings (SSSR count). The first-order valence-corrected chi connectivity index (χ1v) is 7.84. The Morgan fingerprint density at radius 3 is 2.19 bits per heavy atom. The molecule has 0 aromatic rings. The van der Waals surface area contributed by atoms with E-state index < -0.39 is 11.4 Å². The van der Waals surface area contributed by atoms with Gasteiger partial charge in [-0.2, -0.15) is 0 Å².